The first-order valence-corrected chi connectivity index (χ1v) is 6.65. The van der Waals surface area contributed by atoms with Crippen LogP contribution in [0.5, 0.6) is 0 Å². The quantitative estimate of drug-likeness (QED) is 0.782. The Hall–Kier alpha value is -1.43. The summed E-state index contributed by atoms with van der Waals surface area (Å²) in [5.74, 6) is 1.27. The molecule has 18 heavy (non-hydrogen) atoms. The summed E-state index contributed by atoms with van der Waals surface area (Å²) < 4.78 is 1.77. The fourth-order valence-electron chi connectivity index (χ4n) is 2.20. The molecule has 1 amide bonds. The Morgan fingerprint density at radius 1 is 1.61 bits per heavy atom. The minimum absolute atomic E-state index is 0.110. The van der Waals surface area contributed by atoms with Gasteiger partial charge in [-0.1, -0.05) is 12.1 Å². The molecule has 1 atom stereocenters. The molecule has 1 saturated heterocycles. The lowest BCUT2D eigenvalue weighted by molar-refractivity contribution is 0.0941. The average Bonchev–Trinajstić information content (AvgIpc) is 3.04. The van der Waals surface area contributed by atoms with E-state index in [0.717, 1.165) is 25.6 Å². The molecule has 6 nitrogen and oxygen atoms in total. The van der Waals surface area contributed by atoms with E-state index in [9.17, 15) is 4.79 Å². The molecule has 2 fully saturated rings. The van der Waals surface area contributed by atoms with Gasteiger partial charge in [0.2, 0.25) is 0 Å². The molecule has 3 rings (SSSR count). The van der Waals surface area contributed by atoms with E-state index in [1.807, 2.05) is 0 Å². The number of amides is 1. The lowest BCUT2D eigenvalue weighted by Crippen LogP contribution is -2.43. The van der Waals surface area contributed by atoms with Crippen LogP contribution in [0.4, 0.5) is 0 Å². The van der Waals surface area contributed by atoms with Crippen LogP contribution in [0.15, 0.2) is 6.20 Å². The van der Waals surface area contributed by atoms with Crippen LogP contribution < -0.4 is 10.6 Å². The first-order chi connectivity index (χ1) is 8.74. The smallest absolute Gasteiger partial charge is 0.273 e. The molecular formula is C12H19N5O. The van der Waals surface area contributed by atoms with Gasteiger partial charge in [-0.15, -0.1) is 5.10 Å². The highest BCUT2D eigenvalue weighted by atomic mass is 16.2. The van der Waals surface area contributed by atoms with Crippen LogP contribution in [-0.2, 0) is 0 Å². The van der Waals surface area contributed by atoms with E-state index < -0.39 is 0 Å². The van der Waals surface area contributed by atoms with Crippen molar-refractivity contribution in [3.05, 3.63) is 11.9 Å². The first-order valence-electron chi connectivity index (χ1n) is 6.65. The van der Waals surface area contributed by atoms with Crippen LogP contribution in [0.25, 0.3) is 0 Å². The molecule has 0 bridgehead atoms. The molecule has 1 aliphatic carbocycles. The maximum atomic E-state index is 11.9. The highest BCUT2D eigenvalue weighted by Gasteiger charge is 2.28. The summed E-state index contributed by atoms with van der Waals surface area (Å²) in [5, 5.41) is 14.0. The third-order valence-corrected chi connectivity index (χ3v) is 3.89. The highest BCUT2D eigenvalue weighted by Crippen LogP contribution is 2.36. The SMILES string of the molecule is CC(CNC(=O)c1cn(C2CNC2)nn1)C1CC1. The molecule has 1 unspecified atom stereocenters. The number of nitrogens with zero attached hydrogens (tertiary/aromatic N) is 3. The second kappa shape index (κ2) is 4.68. The van der Waals surface area contributed by atoms with Crippen molar-refractivity contribution >= 4 is 5.91 Å². The Kier molecular flexibility index (Phi) is 3.03. The van der Waals surface area contributed by atoms with Gasteiger partial charge in [0.15, 0.2) is 5.69 Å². The zero-order valence-corrected chi connectivity index (χ0v) is 10.6. The summed E-state index contributed by atoms with van der Waals surface area (Å²) >= 11 is 0. The van der Waals surface area contributed by atoms with E-state index in [0.29, 0.717) is 17.7 Å². The molecule has 2 aliphatic rings. The Morgan fingerprint density at radius 3 is 3.00 bits per heavy atom. The molecule has 0 radical (unpaired) electrons. The summed E-state index contributed by atoms with van der Waals surface area (Å²) in [4.78, 5) is 11.9. The van der Waals surface area contributed by atoms with E-state index >= 15 is 0 Å². The second-order valence-electron chi connectivity index (χ2n) is 5.42. The molecule has 1 aromatic rings. The normalized spacial score (nSPS) is 21.4. The third kappa shape index (κ3) is 2.38. The zero-order valence-electron chi connectivity index (χ0n) is 10.6. The van der Waals surface area contributed by atoms with E-state index in [1.54, 1.807) is 10.9 Å². The predicted molar refractivity (Wildman–Crippen MR) is 66.1 cm³/mol. The lowest BCUT2D eigenvalue weighted by Gasteiger charge is -2.26. The molecule has 1 aromatic heterocycles. The molecule has 98 valence electrons. The van der Waals surface area contributed by atoms with Gasteiger partial charge in [-0.2, -0.15) is 0 Å². The van der Waals surface area contributed by atoms with E-state index in [4.69, 9.17) is 0 Å². The molecule has 2 N–H and O–H groups in total. The summed E-state index contributed by atoms with van der Waals surface area (Å²) in [7, 11) is 0. The van der Waals surface area contributed by atoms with Crippen molar-refractivity contribution in [2.75, 3.05) is 19.6 Å². The van der Waals surface area contributed by atoms with E-state index in [2.05, 4.69) is 27.9 Å². The van der Waals surface area contributed by atoms with Crippen LogP contribution in [-0.4, -0.2) is 40.5 Å². The molecular weight excluding hydrogens is 230 g/mol. The van der Waals surface area contributed by atoms with Crippen molar-refractivity contribution in [3.63, 3.8) is 0 Å². The van der Waals surface area contributed by atoms with Gasteiger partial charge >= 0.3 is 0 Å². The zero-order chi connectivity index (χ0) is 12.5. The van der Waals surface area contributed by atoms with E-state index in [1.165, 1.54) is 12.8 Å². The van der Waals surface area contributed by atoms with Crippen LogP contribution >= 0.6 is 0 Å². The average molecular weight is 249 g/mol. The van der Waals surface area contributed by atoms with Crippen molar-refractivity contribution in [2.24, 2.45) is 11.8 Å². The molecule has 1 saturated carbocycles. The molecule has 0 spiro atoms. The molecule has 1 aliphatic heterocycles. The largest absolute Gasteiger partial charge is 0.350 e. The number of nitrogens with one attached hydrogen (secondary N) is 2. The van der Waals surface area contributed by atoms with Gasteiger partial charge in [-0.05, 0) is 24.7 Å². The molecule has 2 heterocycles. The number of rotatable bonds is 5. The van der Waals surface area contributed by atoms with E-state index in [-0.39, 0.29) is 5.91 Å². The van der Waals surface area contributed by atoms with Crippen molar-refractivity contribution in [2.45, 2.75) is 25.8 Å². The Labute approximate surface area is 106 Å². The van der Waals surface area contributed by atoms with Crippen LogP contribution in [0.3, 0.4) is 0 Å². The minimum atomic E-state index is -0.110. The standard InChI is InChI=1S/C12H19N5O/c1-8(9-2-3-9)4-14-12(18)11-7-17(16-15-11)10-5-13-6-10/h7-10,13H,2-6H2,1H3,(H,14,18). The van der Waals surface area contributed by atoms with Gasteiger partial charge in [0.1, 0.15) is 0 Å². The van der Waals surface area contributed by atoms with Gasteiger partial charge in [0.25, 0.3) is 5.91 Å². The van der Waals surface area contributed by atoms with Gasteiger partial charge in [-0.25, -0.2) is 4.68 Å². The number of aromatic nitrogens is 3. The molecule has 6 heteroatoms. The van der Waals surface area contributed by atoms with Gasteiger partial charge in [-0.3, -0.25) is 4.79 Å². The van der Waals surface area contributed by atoms with Crippen molar-refractivity contribution in [1.29, 1.82) is 0 Å². The maximum Gasteiger partial charge on any atom is 0.273 e. The highest BCUT2D eigenvalue weighted by molar-refractivity contribution is 5.91. The fraction of sp³-hybridized carbons (Fsp3) is 0.750. The third-order valence-electron chi connectivity index (χ3n) is 3.89. The minimum Gasteiger partial charge on any atom is -0.350 e. The Bertz CT molecular complexity index is 435. The monoisotopic (exact) mass is 249 g/mol. The number of hydrogen-bond acceptors (Lipinski definition) is 4. The number of carbonyl (C=O) groups is 1. The summed E-state index contributed by atoms with van der Waals surface area (Å²) in [5.41, 5.74) is 0.421. The topological polar surface area (TPSA) is 71.8 Å². The number of carbonyl (C=O) groups excluding carboxylic acids is 1. The van der Waals surface area contributed by atoms with Gasteiger partial charge in [0, 0.05) is 19.6 Å². The predicted octanol–water partition coefficient (Wildman–Crippen LogP) is 0.198. The van der Waals surface area contributed by atoms with Crippen LogP contribution in [0.2, 0.25) is 0 Å². The van der Waals surface area contributed by atoms with Crippen molar-refractivity contribution in [1.82, 2.24) is 25.6 Å². The number of hydrogen-bond donors (Lipinski definition) is 2. The molecule has 0 aromatic carbocycles. The van der Waals surface area contributed by atoms with Crippen LogP contribution in [0.1, 0.15) is 36.3 Å². The first kappa shape index (κ1) is 11.6. The fourth-order valence-corrected chi connectivity index (χ4v) is 2.20. The van der Waals surface area contributed by atoms with Crippen LogP contribution in [0, 0.1) is 11.8 Å². The maximum absolute atomic E-state index is 11.9. The lowest BCUT2D eigenvalue weighted by atomic mass is 10.1. The van der Waals surface area contributed by atoms with Gasteiger partial charge in [0.05, 0.1) is 12.2 Å². The van der Waals surface area contributed by atoms with Crippen molar-refractivity contribution in [3.8, 4) is 0 Å². The second-order valence-corrected chi connectivity index (χ2v) is 5.42. The summed E-state index contributed by atoms with van der Waals surface area (Å²) in [6.07, 6.45) is 4.35. The Morgan fingerprint density at radius 2 is 2.39 bits per heavy atom. The van der Waals surface area contributed by atoms with Gasteiger partial charge < -0.3 is 10.6 Å². The summed E-state index contributed by atoms with van der Waals surface area (Å²) in [6, 6.07) is 0.351. The Balaban J connectivity index is 1.52. The van der Waals surface area contributed by atoms with Crippen molar-refractivity contribution < 1.29 is 4.79 Å². The summed E-state index contributed by atoms with van der Waals surface area (Å²) in [6.45, 7) is 4.74.